The van der Waals surface area contributed by atoms with Crippen LogP contribution >= 0.6 is 0 Å². The molecule has 0 spiro atoms. The minimum Gasteiger partial charge on any atom is -0.388 e. The van der Waals surface area contributed by atoms with Gasteiger partial charge in [-0.2, -0.15) is 0 Å². The molecule has 0 aromatic carbocycles. The number of ether oxygens (including phenoxy) is 1. The van der Waals surface area contributed by atoms with Gasteiger partial charge in [-0.1, -0.05) is 26.0 Å². The van der Waals surface area contributed by atoms with Gasteiger partial charge in [-0.25, -0.2) is 0 Å². The van der Waals surface area contributed by atoms with Crippen molar-refractivity contribution in [3.05, 3.63) is 35.2 Å². The number of aliphatic hydroxyl groups is 1. The number of nitrogens with zero attached hydrogens (tertiary/aromatic N) is 1. The van der Waals surface area contributed by atoms with Crippen molar-refractivity contribution in [2.24, 2.45) is 5.41 Å². The van der Waals surface area contributed by atoms with Gasteiger partial charge in [0, 0.05) is 23.5 Å². The topological polar surface area (TPSA) is 34.4 Å². The molecule has 20 heavy (non-hydrogen) atoms. The number of rotatable bonds is 5. The van der Waals surface area contributed by atoms with E-state index in [1.807, 2.05) is 6.92 Å². The van der Waals surface area contributed by atoms with Gasteiger partial charge < -0.3 is 14.4 Å². The predicted molar refractivity (Wildman–Crippen MR) is 81.9 cm³/mol. The molecular formula is C17H27NO2. The summed E-state index contributed by atoms with van der Waals surface area (Å²) in [5.74, 6) is 0. The number of aromatic nitrogens is 1. The second-order valence-electron chi connectivity index (χ2n) is 6.91. The van der Waals surface area contributed by atoms with Crippen LogP contribution in [-0.4, -0.2) is 22.9 Å². The van der Waals surface area contributed by atoms with Crippen LogP contribution in [0.1, 0.15) is 50.2 Å². The minimum absolute atomic E-state index is 0.160. The van der Waals surface area contributed by atoms with Crippen molar-refractivity contribution in [3.63, 3.8) is 0 Å². The molecule has 1 aliphatic rings. The van der Waals surface area contributed by atoms with E-state index in [9.17, 15) is 5.11 Å². The highest BCUT2D eigenvalue weighted by Gasteiger charge is 2.33. The molecule has 0 fully saturated rings. The molecule has 1 aromatic rings. The van der Waals surface area contributed by atoms with Crippen LogP contribution in [0.3, 0.4) is 0 Å². The molecule has 0 saturated heterocycles. The van der Waals surface area contributed by atoms with Gasteiger partial charge in [0.2, 0.25) is 0 Å². The minimum atomic E-state index is -0.329. The SMILES string of the molecule is C=C(C)COCCn1c(C)cc2c1CC(C)(C)CC2O. The lowest BCUT2D eigenvalue weighted by atomic mass is 9.75. The average Bonchev–Trinajstić information content (AvgIpc) is 2.60. The van der Waals surface area contributed by atoms with Gasteiger partial charge in [-0.15, -0.1) is 0 Å². The summed E-state index contributed by atoms with van der Waals surface area (Å²) >= 11 is 0. The molecule has 1 heterocycles. The molecule has 3 nitrogen and oxygen atoms in total. The molecule has 1 atom stereocenters. The lowest BCUT2D eigenvalue weighted by Gasteiger charge is -2.34. The van der Waals surface area contributed by atoms with Crippen molar-refractivity contribution in [2.75, 3.05) is 13.2 Å². The van der Waals surface area contributed by atoms with Gasteiger partial charge in [0.1, 0.15) is 0 Å². The Morgan fingerprint density at radius 3 is 2.90 bits per heavy atom. The van der Waals surface area contributed by atoms with E-state index in [1.54, 1.807) is 0 Å². The van der Waals surface area contributed by atoms with Crippen molar-refractivity contribution in [3.8, 4) is 0 Å². The third kappa shape index (κ3) is 3.33. The fourth-order valence-electron chi connectivity index (χ4n) is 3.11. The summed E-state index contributed by atoms with van der Waals surface area (Å²) < 4.78 is 7.91. The summed E-state index contributed by atoms with van der Waals surface area (Å²) in [5, 5.41) is 10.3. The Bertz CT molecular complexity index is 499. The van der Waals surface area contributed by atoms with Gasteiger partial charge in [-0.3, -0.25) is 0 Å². The quantitative estimate of drug-likeness (QED) is 0.661. The summed E-state index contributed by atoms with van der Waals surface area (Å²) in [6.07, 6.45) is 1.54. The molecule has 1 unspecified atom stereocenters. The van der Waals surface area contributed by atoms with Crippen LogP contribution in [-0.2, 0) is 17.7 Å². The Hall–Kier alpha value is -1.06. The molecule has 0 amide bonds. The van der Waals surface area contributed by atoms with Crippen LogP contribution in [0.25, 0.3) is 0 Å². The zero-order valence-corrected chi connectivity index (χ0v) is 13.2. The summed E-state index contributed by atoms with van der Waals surface area (Å²) in [6, 6.07) is 2.13. The number of hydrogen-bond donors (Lipinski definition) is 1. The van der Waals surface area contributed by atoms with Gasteiger partial charge in [0.25, 0.3) is 0 Å². The molecule has 1 N–H and O–H groups in total. The van der Waals surface area contributed by atoms with E-state index in [0.717, 1.165) is 30.5 Å². The summed E-state index contributed by atoms with van der Waals surface area (Å²) in [7, 11) is 0. The molecular weight excluding hydrogens is 250 g/mol. The van der Waals surface area contributed by atoms with Crippen molar-refractivity contribution in [2.45, 2.75) is 53.2 Å². The first-order valence-corrected chi connectivity index (χ1v) is 7.39. The normalized spacial score (nSPS) is 20.8. The molecule has 112 valence electrons. The number of fused-ring (bicyclic) bond motifs is 1. The molecule has 0 saturated carbocycles. The second-order valence-corrected chi connectivity index (χ2v) is 6.91. The van der Waals surface area contributed by atoms with E-state index in [2.05, 4.69) is 38.0 Å². The van der Waals surface area contributed by atoms with Crippen molar-refractivity contribution in [1.82, 2.24) is 4.57 Å². The number of aliphatic hydroxyl groups excluding tert-OH is 1. The maximum Gasteiger partial charge on any atom is 0.0812 e. The Morgan fingerprint density at radius 1 is 1.55 bits per heavy atom. The average molecular weight is 277 g/mol. The van der Waals surface area contributed by atoms with Crippen molar-refractivity contribution in [1.29, 1.82) is 0 Å². The standard InChI is InChI=1S/C17H27NO2/c1-12(2)11-20-7-6-18-13(3)8-14-15(18)9-17(4,5)10-16(14)19/h8,16,19H,1,6-7,9-11H2,2-5H3. The van der Waals surface area contributed by atoms with E-state index < -0.39 is 0 Å². The van der Waals surface area contributed by atoms with Crippen LogP contribution < -0.4 is 0 Å². The van der Waals surface area contributed by atoms with E-state index in [1.165, 1.54) is 11.4 Å². The largest absolute Gasteiger partial charge is 0.388 e. The Balaban J connectivity index is 2.12. The lowest BCUT2D eigenvalue weighted by molar-refractivity contribution is 0.0964. The first kappa shape index (κ1) is 15.3. The van der Waals surface area contributed by atoms with E-state index >= 15 is 0 Å². The molecule has 0 aliphatic heterocycles. The van der Waals surface area contributed by atoms with Crippen LogP contribution in [0.5, 0.6) is 0 Å². The Morgan fingerprint density at radius 2 is 2.25 bits per heavy atom. The highest BCUT2D eigenvalue weighted by Crippen LogP contribution is 2.41. The van der Waals surface area contributed by atoms with Crippen LogP contribution in [0.15, 0.2) is 18.2 Å². The fraction of sp³-hybridized carbons (Fsp3) is 0.647. The van der Waals surface area contributed by atoms with Gasteiger partial charge in [0.05, 0.1) is 19.3 Å². The third-order valence-corrected chi connectivity index (χ3v) is 4.01. The van der Waals surface area contributed by atoms with Gasteiger partial charge in [0.15, 0.2) is 0 Å². The first-order valence-electron chi connectivity index (χ1n) is 7.39. The molecule has 3 heteroatoms. The van der Waals surface area contributed by atoms with Crippen LogP contribution in [0.2, 0.25) is 0 Å². The number of aryl methyl sites for hydroxylation is 1. The molecule has 0 bridgehead atoms. The first-order chi connectivity index (χ1) is 9.30. The Kier molecular flexibility index (Phi) is 4.40. The monoisotopic (exact) mass is 277 g/mol. The zero-order valence-electron chi connectivity index (χ0n) is 13.2. The van der Waals surface area contributed by atoms with Crippen molar-refractivity contribution < 1.29 is 9.84 Å². The molecule has 1 aromatic heterocycles. The zero-order chi connectivity index (χ0) is 14.9. The van der Waals surface area contributed by atoms with E-state index in [-0.39, 0.29) is 11.5 Å². The van der Waals surface area contributed by atoms with Gasteiger partial charge in [-0.05, 0) is 38.2 Å². The predicted octanol–water partition coefficient (Wildman–Crippen LogP) is 3.40. The Labute approximate surface area is 122 Å². The van der Waals surface area contributed by atoms with E-state index in [0.29, 0.717) is 13.2 Å². The summed E-state index contributed by atoms with van der Waals surface area (Å²) in [5.41, 5.74) is 4.82. The maximum atomic E-state index is 10.3. The van der Waals surface area contributed by atoms with Crippen LogP contribution in [0.4, 0.5) is 0 Å². The third-order valence-electron chi connectivity index (χ3n) is 4.01. The van der Waals surface area contributed by atoms with Gasteiger partial charge >= 0.3 is 0 Å². The lowest BCUT2D eigenvalue weighted by Crippen LogP contribution is -2.27. The number of hydrogen-bond acceptors (Lipinski definition) is 2. The fourth-order valence-corrected chi connectivity index (χ4v) is 3.11. The molecule has 1 aliphatic carbocycles. The second kappa shape index (κ2) is 5.74. The van der Waals surface area contributed by atoms with Crippen LogP contribution in [0, 0.1) is 12.3 Å². The van der Waals surface area contributed by atoms with Crippen molar-refractivity contribution >= 4 is 0 Å². The maximum absolute atomic E-state index is 10.3. The summed E-state index contributed by atoms with van der Waals surface area (Å²) in [4.78, 5) is 0. The summed E-state index contributed by atoms with van der Waals surface area (Å²) in [6.45, 7) is 14.5. The highest BCUT2D eigenvalue weighted by molar-refractivity contribution is 5.33. The molecule has 0 radical (unpaired) electrons. The smallest absolute Gasteiger partial charge is 0.0812 e. The highest BCUT2D eigenvalue weighted by atomic mass is 16.5. The molecule has 2 rings (SSSR count). The van der Waals surface area contributed by atoms with E-state index in [4.69, 9.17) is 4.74 Å².